The van der Waals surface area contributed by atoms with Crippen molar-refractivity contribution in [3.63, 3.8) is 0 Å². The lowest BCUT2D eigenvalue weighted by Gasteiger charge is -2.08. The molecule has 2 unspecified atom stereocenters. The van der Waals surface area contributed by atoms with Crippen LogP contribution in [0.2, 0.25) is 0 Å². The molecule has 2 N–H and O–H groups in total. The lowest BCUT2D eigenvalue weighted by atomic mass is 10.1. The highest BCUT2D eigenvalue weighted by Gasteiger charge is 2.48. The van der Waals surface area contributed by atoms with Crippen LogP contribution in [0, 0.1) is 0 Å². The number of nitrogens with zero attached hydrogens (tertiary/aromatic N) is 1. The number of aromatic nitrogens is 2. The Bertz CT molecular complexity index is 581. The van der Waals surface area contributed by atoms with E-state index in [-0.39, 0.29) is 11.9 Å². The lowest BCUT2D eigenvalue weighted by molar-refractivity contribution is -0.346. The summed E-state index contributed by atoms with van der Waals surface area (Å²) in [6.07, 6.45) is -2.42. The van der Waals surface area contributed by atoms with Gasteiger partial charge in [0.2, 0.25) is 11.9 Å². The van der Waals surface area contributed by atoms with Crippen LogP contribution >= 0.6 is 0 Å². The highest BCUT2D eigenvalue weighted by atomic mass is 19.3. The van der Waals surface area contributed by atoms with E-state index in [4.69, 9.17) is 0 Å². The Morgan fingerprint density at radius 2 is 2.11 bits per heavy atom. The third-order valence-electron chi connectivity index (χ3n) is 2.58. The van der Waals surface area contributed by atoms with E-state index in [1.165, 1.54) is 19.1 Å². The maximum Gasteiger partial charge on any atom is 0.486 e. The van der Waals surface area contributed by atoms with Crippen LogP contribution in [-0.2, 0) is 14.3 Å². The van der Waals surface area contributed by atoms with Crippen molar-refractivity contribution in [1.29, 1.82) is 0 Å². The van der Waals surface area contributed by atoms with Gasteiger partial charge < -0.3 is 4.98 Å². The minimum Gasteiger partial charge on any atom is -0.324 e. The third-order valence-corrected chi connectivity index (χ3v) is 2.58. The van der Waals surface area contributed by atoms with Crippen molar-refractivity contribution in [2.75, 3.05) is 5.32 Å². The molecule has 0 aromatic carbocycles. The first kappa shape index (κ1) is 11.3. The molecule has 1 aromatic rings. The number of carbonyl (C=O) groups excluding carboxylic acids is 1. The third kappa shape index (κ3) is 1.89. The van der Waals surface area contributed by atoms with Gasteiger partial charge in [-0.15, -0.1) is 8.78 Å². The Labute approximate surface area is 99.3 Å². The number of amides is 1. The van der Waals surface area contributed by atoms with E-state index in [0.29, 0.717) is 10.7 Å². The van der Waals surface area contributed by atoms with Gasteiger partial charge in [-0.25, -0.2) is 4.98 Å². The molecule has 2 atom stereocenters. The van der Waals surface area contributed by atoms with E-state index >= 15 is 0 Å². The van der Waals surface area contributed by atoms with Gasteiger partial charge in [-0.05, 0) is 12.2 Å². The van der Waals surface area contributed by atoms with Gasteiger partial charge in [-0.3, -0.25) is 19.6 Å². The number of carbonyl (C=O) groups is 1. The summed E-state index contributed by atoms with van der Waals surface area (Å²) in [6, 6.07) is 0. The molecule has 0 bridgehead atoms. The van der Waals surface area contributed by atoms with Crippen LogP contribution in [0.25, 0.3) is 12.2 Å². The monoisotopic (exact) mass is 257 g/mol. The van der Waals surface area contributed by atoms with Gasteiger partial charge in [0.05, 0.1) is 10.7 Å². The van der Waals surface area contributed by atoms with Gasteiger partial charge in [0.15, 0.2) is 0 Å². The SMILES string of the molecule is CC(=O)Nc1nc2c([nH]1)=CC1OC(F)(F)OC1C=2. The van der Waals surface area contributed by atoms with E-state index in [2.05, 4.69) is 24.8 Å². The summed E-state index contributed by atoms with van der Waals surface area (Å²) in [5.41, 5.74) is 0. The first-order valence-electron chi connectivity index (χ1n) is 5.24. The van der Waals surface area contributed by atoms with Crippen molar-refractivity contribution < 1.29 is 23.0 Å². The van der Waals surface area contributed by atoms with Gasteiger partial charge in [0.1, 0.15) is 12.2 Å². The van der Waals surface area contributed by atoms with Crippen LogP contribution in [0.15, 0.2) is 0 Å². The van der Waals surface area contributed by atoms with Crippen LogP contribution in [0.1, 0.15) is 6.92 Å². The van der Waals surface area contributed by atoms with Gasteiger partial charge in [-0.2, -0.15) is 0 Å². The van der Waals surface area contributed by atoms with Crippen LogP contribution in [0.4, 0.5) is 14.7 Å². The topological polar surface area (TPSA) is 76.2 Å². The zero-order valence-electron chi connectivity index (χ0n) is 9.24. The summed E-state index contributed by atoms with van der Waals surface area (Å²) >= 11 is 0. The molecule has 1 fully saturated rings. The summed E-state index contributed by atoms with van der Waals surface area (Å²) in [5.74, 6) is -0.0212. The highest BCUT2D eigenvalue weighted by Crippen LogP contribution is 2.33. The predicted octanol–water partition coefficient (Wildman–Crippen LogP) is -0.723. The average molecular weight is 257 g/mol. The van der Waals surface area contributed by atoms with Crippen molar-refractivity contribution in [3.8, 4) is 0 Å². The summed E-state index contributed by atoms with van der Waals surface area (Å²) in [6.45, 7) is 1.34. The molecule has 1 aliphatic carbocycles. The number of H-pyrrole nitrogens is 1. The van der Waals surface area contributed by atoms with Crippen molar-refractivity contribution in [3.05, 3.63) is 10.7 Å². The predicted molar refractivity (Wildman–Crippen MR) is 55.8 cm³/mol. The number of rotatable bonds is 1. The highest BCUT2D eigenvalue weighted by molar-refractivity contribution is 5.86. The molecule has 1 aliphatic heterocycles. The zero-order chi connectivity index (χ0) is 12.9. The van der Waals surface area contributed by atoms with E-state index in [9.17, 15) is 13.6 Å². The Balaban J connectivity index is 1.97. The van der Waals surface area contributed by atoms with Crippen LogP contribution in [0.5, 0.6) is 0 Å². The number of anilines is 1. The van der Waals surface area contributed by atoms with E-state index < -0.39 is 18.5 Å². The van der Waals surface area contributed by atoms with Crippen molar-refractivity contribution in [2.45, 2.75) is 25.4 Å². The first-order valence-corrected chi connectivity index (χ1v) is 5.24. The molecule has 8 heteroatoms. The van der Waals surface area contributed by atoms with Crippen molar-refractivity contribution >= 4 is 24.0 Å². The molecule has 1 aromatic heterocycles. The molecule has 3 rings (SSSR count). The molecule has 0 radical (unpaired) electrons. The number of aromatic amines is 1. The first-order chi connectivity index (χ1) is 8.43. The van der Waals surface area contributed by atoms with Crippen molar-refractivity contribution in [2.24, 2.45) is 0 Å². The fraction of sp³-hybridized carbons (Fsp3) is 0.400. The number of nitrogens with one attached hydrogen (secondary N) is 2. The van der Waals surface area contributed by atoms with Crippen LogP contribution in [0.3, 0.4) is 0 Å². The smallest absolute Gasteiger partial charge is 0.324 e. The maximum absolute atomic E-state index is 12.9. The second-order valence-electron chi connectivity index (χ2n) is 4.03. The average Bonchev–Trinajstić information content (AvgIpc) is 2.69. The van der Waals surface area contributed by atoms with Gasteiger partial charge >= 0.3 is 6.29 Å². The van der Waals surface area contributed by atoms with E-state index in [1.54, 1.807) is 0 Å². The summed E-state index contributed by atoms with van der Waals surface area (Å²) in [5, 5.41) is 3.43. The van der Waals surface area contributed by atoms with Crippen LogP contribution in [-0.4, -0.2) is 34.4 Å². The molecule has 6 nitrogen and oxygen atoms in total. The molecule has 1 saturated heterocycles. The van der Waals surface area contributed by atoms with E-state index in [1.807, 2.05) is 0 Å². The van der Waals surface area contributed by atoms with Gasteiger partial charge in [0, 0.05) is 6.92 Å². The minimum atomic E-state index is -3.58. The number of hydrogen-bond acceptors (Lipinski definition) is 4. The molecule has 18 heavy (non-hydrogen) atoms. The largest absolute Gasteiger partial charge is 0.486 e. The molecule has 2 heterocycles. The fourth-order valence-electron chi connectivity index (χ4n) is 1.94. The lowest BCUT2D eigenvalue weighted by Crippen LogP contribution is -2.36. The maximum atomic E-state index is 12.9. The number of fused-ring (bicyclic) bond motifs is 2. The Morgan fingerprint density at radius 1 is 1.44 bits per heavy atom. The molecule has 96 valence electrons. The van der Waals surface area contributed by atoms with Gasteiger partial charge in [-0.1, -0.05) is 0 Å². The van der Waals surface area contributed by atoms with Crippen molar-refractivity contribution in [1.82, 2.24) is 9.97 Å². The van der Waals surface area contributed by atoms with Crippen LogP contribution < -0.4 is 16.0 Å². The summed E-state index contributed by atoms with van der Waals surface area (Å²) in [7, 11) is 0. The molecular weight excluding hydrogens is 248 g/mol. The van der Waals surface area contributed by atoms with Gasteiger partial charge in [0.25, 0.3) is 0 Å². The molecule has 1 amide bonds. The molecule has 0 saturated carbocycles. The zero-order valence-corrected chi connectivity index (χ0v) is 9.24. The summed E-state index contributed by atoms with van der Waals surface area (Å²) in [4.78, 5) is 17.7. The fourth-order valence-corrected chi connectivity index (χ4v) is 1.94. The Kier molecular flexibility index (Phi) is 2.26. The molecule has 2 aliphatic rings. The quantitative estimate of drug-likeness (QED) is 0.696. The van der Waals surface area contributed by atoms with E-state index in [0.717, 1.165) is 0 Å². The number of halogens is 2. The number of alkyl halides is 2. The summed E-state index contributed by atoms with van der Waals surface area (Å²) < 4.78 is 34.5. The Hall–Kier alpha value is -1.80. The number of ether oxygens (including phenoxy) is 2. The molecular formula is C10H9F2N3O3. The Morgan fingerprint density at radius 3 is 2.78 bits per heavy atom. The standard InChI is InChI=1S/C10H9F2N3O3/c1-4(16)13-9-14-5-2-7-8(3-6(5)15-9)18-10(11,12)17-7/h2-3,7-8H,1H3,(H2,13,14,15,16). The normalized spacial score (nSPS) is 27.7. The second kappa shape index (κ2) is 3.59. The number of imidazole rings is 1. The number of hydrogen-bond donors (Lipinski definition) is 2. The second-order valence-corrected chi connectivity index (χ2v) is 4.03. The minimum absolute atomic E-state index is 0.256. The molecule has 0 spiro atoms.